The number of fused-ring (bicyclic) bond motifs is 2. The van der Waals surface area contributed by atoms with Crippen LogP contribution < -0.4 is 17.0 Å². The van der Waals surface area contributed by atoms with Gasteiger partial charge in [0.2, 0.25) is 11.0 Å². The smallest absolute Gasteiger partial charge is 0.278 e. The lowest BCUT2D eigenvalue weighted by Gasteiger charge is -1.96. The summed E-state index contributed by atoms with van der Waals surface area (Å²) in [7, 11) is 0. The molecule has 0 saturated heterocycles. The second-order valence-electron chi connectivity index (χ2n) is 5.09. The van der Waals surface area contributed by atoms with Gasteiger partial charge < -0.3 is 12.4 Å². The van der Waals surface area contributed by atoms with E-state index < -0.39 is 0 Å². The zero-order chi connectivity index (χ0) is 14.9. The van der Waals surface area contributed by atoms with E-state index in [4.69, 9.17) is 0 Å². The van der Waals surface area contributed by atoms with Crippen molar-refractivity contribution < 1.29 is 21.8 Å². The SMILES string of the molecule is O=C1N=C(C=CC[n+]2csc3ccccc32)c2ccccc21.[Cl-]. The first-order valence-corrected chi connectivity index (χ1v) is 7.95. The summed E-state index contributed by atoms with van der Waals surface area (Å²) in [5.41, 5.74) is 5.70. The molecule has 3 aromatic rings. The quantitative estimate of drug-likeness (QED) is 0.635. The molecule has 3 nitrogen and oxygen atoms in total. The molecule has 0 bridgehead atoms. The fourth-order valence-corrected chi connectivity index (χ4v) is 3.54. The van der Waals surface area contributed by atoms with Gasteiger partial charge in [0.05, 0.1) is 11.3 Å². The fourth-order valence-electron chi connectivity index (χ4n) is 2.64. The van der Waals surface area contributed by atoms with E-state index in [1.165, 1.54) is 10.2 Å². The normalized spacial score (nSPS) is 13.2. The van der Waals surface area contributed by atoms with E-state index in [0.29, 0.717) is 5.56 Å². The molecule has 0 aliphatic carbocycles. The highest BCUT2D eigenvalue weighted by atomic mass is 35.5. The Hall–Kier alpha value is -2.30. The molecule has 0 N–H and O–H groups in total. The molecule has 4 rings (SSSR count). The first kappa shape index (κ1) is 15.6. The van der Waals surface area contributed by atoms with Gasteiger partial charge in [0, 0.05) is 11.6 Å². The minimum Gasteiger partial charge on any atom is -1.00 e. The number of rotatable bonds is 3. The summed E-state index contributed by atoms with van der Waals surface area (Å²) in [6.07, 6.45) is 3.98. The van der Waals surface area contributed by atoms with E-state index in [9.17, 15) is 4.79 Å². The van der Waals surface area contributed by atoms with E-state index >= 15 is 0 Å². The zero-order valence-electron chi connectivity index (χ0n) is 12.1. The Morgan fingerprint density at radius 3 is 2.65 bits per heavy atom. The number of aromatic nitrogens is 1. The maximum atomic E-state index is 11.8. The number of hydrogen-bond donors (Lipinski definition) is 0. The van der Waals surface area contributed by atoms with E-state index in [1.807, 2.05) is 42.5 Å². The standard InChI is InChI=1S/C18H13N2OS.ClH/c21-18-14-7-2-1-6-13(14)15(19-18)8-5-11-20-12-22-17-10-4-3-9-16(17)20;/h1-10,12H,11H2;1H/q+1;/p-1. The van der Waals surface area contributed by atoms with Crippen molar-refractivity contribution in [2.24, 2.45) is 4.99 Å². The van der Waals surface area contributed by atoms with Crippen LogP contribution in [0, 0.1) is 0 Å². The minimum absolute atomic E-state index is 0. The molecule has 2 heterocycles. The predicted octanol–water partition coefficient (Wildman–Crippen LogP) is 0.392. The zero-order valence-corrected chi connectivity index (χ0v) is 13.7. The molecule has 0 atom stereocenters. The van der Waals surface area contributed by atoms with Crippen molar-refractivity contribution >= 4 is 33.2 Å². The number of allylic oxidation sites excluding steroid dienone is 2. The van der Waals surface area contributed by atoms with Crippen molar-refractivity contribution in [3.63, 3.8) is 0 Å². The van der Waals surface area contributed by atoms with Crippen LogP contribution in [0.3, 0.4) is 0 Å². The molecular weight excluding hydrogens is 328 g/mol. The van der Waals surface area contributed by atoms with Gasteiger partial charge in [-0.1, -0.05) is 41.7 Å². The summed E-state index contributed by atoms with van der Waals surface area (Å²) >= 11 is 1.73. The molecule has 114 valence electrons. The largest absolute Gasteiger partial charge is 1.00 e. The van der Waals surface area contributed by atoms with Gasteiger partial charge in [-0.2, -0.15) is 4.57 Å². The summed E-state index contributed by atoms with van der Waals surface area (Å²) in [5.74, 6) is -0.149. The van der Waals surface area contributed by atoms with Gasteiger partial charge in [0.1, 0.15) is 4.70 Å². The van der Waals surface area contributed by atoms with E-state index in [2.05, 4.69) is 33.3 Å². The average Bonchev–Trinajstić information content (AvgIpc) is 3.10. The Labute approximate surface area is 144 Å². The van der Waals surface area contributed by atoms with Crippen molar-refractivity contribution in [2.75, 3.05) is 0 Å². The third-order valence-electron chi connectivity index (χ3n) is 3.71. The molecular formula is C18H13ClN2OS. The number of thiazole rings is 1. The van der Waals surface area contributed by atoms with Crippen LogP contribution in [0.25, 0.3) is 10.2 Å². The molecule has 1 aliphatic rings. The van der Waals surface area contributed by atoms with Crippen LogP contribution >= 0.6 is 11.3 Å². The Kier molecular flexibility index (Phi) is 4.37. The lowest BCUT2D eigenvalue weighted by molar-refractivity contribution is -0.656. The van der Waals surface area contributed by atoms with Gasteiger partial charge >= 0.3 is 0 Å². The highest BCUT2D eigenvalue weighted by Gasteiger charge is 2.20. The van der Waals surface area contributed by atoms with Crippen LogP contribution in [0.15, 0.2) is 71.2 Å². The molecule has 23 heavy (non-hydrogen) atoms. The van der Waals surface area contributed by atoms with E-state index in [-0.39, 0.29) is 18.3 Å². The number of amides is 1. The van der Waals surface area contributed by atoms with Gasteiger partial charge in [0.15, 0.2) is 6.54 Å². The molecule has 1 aliphatic heterocycles. The van der Waals surface area contributed by atoms with Gasteiger partial charge in [-0.15, -0.1) is 0 Å². The third kappa shape index (κ3) is 2.83. The van der Waals surface area contributed by atoms with Crippen LogP contribution in [-0.4, -0.2) is 11.6 Å². The van der Waals surface area contributed by atoms with Crippen LogP contribution in [0.2, 0.25) is 0 Å². The fraction of sp³-hybridized carbons (Fsp3) is 0.0556. The number of carbonyl (C=O) groups excluding carboxylic acids is 1. The van der Waals surface area contributed by atoms with Gasteiger partial charge in [-0.25, -0.2) is 4.99 Å². The van der Waals surface area contributed by atoms with Crippen molar-refractivity contribution in [1.82, 2.24) is 0 Å². The van der Waals surface area contributed by atoms with Crippen molar-refractivity contribution in [3.8, 4) is 0 Å². The third-order valence-corrected chi connectivity index (χ3v) is 4.67. The van der Waals surface area contributed by atoms with Crippen LogP contribution in [0.4, 0.5) is 0 Å². The molecule has 5 heteroatoms. The maximum Gasteiger partial charge on any atom is 0.278 e. The predicted molar refractivity (Wildman–Crippen MR) is 88.5 cm³/mol. The van der Waals surface area contributed by atoms with Crippen molar-refractivity contribution in [2.45, 2.75) is 6.54 Å². The molecule has 1 aromatic heterocycles. The molecule has 0 fully saturated rings. The topological polar surface area (TPSA) is 33.3 Å². The minimum atomic E-state index is -0.149. The molecule has 0 spiro atoms. The van der Waals surface area contributed by atoms with Gasteiger partial charge in [-0.05, 0) is 24.3 Å². The van der Waals surface area contributed by atoms with Crippen LogP contribution in [0.5, 0.6) is 0 Å². The van der Waals surface area contributed by atoms with Crippen molar-refractivity contribution in [3.05, 3.63) is 77.3 Å². The molecule has 0 saturated carbocycles. The summed E-state index contributed by atoms with van der Waals surface area (Å²) in [6, 6.07) is 15.9. The number of halogens is 1. The average molecular weight is 341 g/mol. The van der Waals surface area contributed by atoms with Gasteiger partial charge in [-0.3, -0.25) is 4.79 Å². The lowest BCUT2D eigenvalue weighted by atomic mass is 10.1. The maximum absolute atomic E-state index is 11.8. The highest BCUT2D eigenvalue weighted by molar-refractivity contribution is 7.16. The van der Waals surface area contributed by atoms with Crippen molar-refractivity contribution in [1.29, 1.82) is 0 Å². The Balaban J connectivity index is 0.00000156. The number of nitrogens with zero attached hydrogens (tertiary/aromatic N) is 2. The second-order valence-corrected chi connectivity index (χ2v) is 5.98. The number of aliphatic imine (C=N–C) groups is 1. The highest BCUT2D eigenvalue weighted by Crippen LogP contribution is 2.19. The first-order valence-electron chi connectivity index (χ1n) is 7.07. The first-order chi connectivity index (χ1) is 10.8. The summed E-state index contributed by atoms with van der Waals surface area (Å²) in [6.45, 7) is 0.763. The second kappa shape index (κ2) is 6.44. The summed E-state index contributed by atoms with van der Waals surface area (Å²) < 4.78 is 3.47. The summed E-state index contributed by atoms with van der Waals surface area (Å²) in [4.78, 5) is 15.9. The van der Waals surface area contributed by atoms with Crippen LogP contribution in [0.1, 0.15) is 15.9 Å². The van der Waals surface area contributed by atoms with E-state index in [1.54, 1.807) is 11.3 Å². The Morgan fingerprint density at radius 2 is 1.78 bits per heavy atom. The Morgan fingerprint density at radius 1 is 1.04 bits per heavy atom. The van der Waals surface area contributed by atoms with E-state index in [0.717, 1.165) is 17.8 Å². The molecule has 0 unspecified atom stereocenters. The number of hydrogen-bond acceptors (Lipinski definition) is 2. The summed E-state index contributed by atoms with van der Waals surface area (Å²) in [5, 5.41) is 0. The number of benzene rings is 2. The van der Waals surface area contributed by atoms with Gasteiger partial charge in [0.25, 0.3) is 5.91 Å². The van der Waals surface area contributed by atoms with Crippen LogP contribution in [-0.2, 0) is 6.54 Å². The number of para-hydroxylation sites is 1. The molecule has 1 amide bonds. The molecule has 0 radical (unpaired) electrons. The molecule has 2 aromatic carbocycles. The number of carbonyl (C=O) groups is 1. The Bertz CT molecular complexity index is 943. The lowest BCUT2D eigenvalue weighted by Crippen LogP contribution is -3.00. The monoisotopic (exact) mass is 340 g/mol.